The van der Waals surface area contributed by atoms with E-state index >= 15 is 0 Å². The highest BCUT2D eigenvalue weighted by Crippen LogP contribution is 2.51. The monoisotopic (exact) mass is 235 g/mol. The molecule has 2 rings (SSSR count). The first-order chi connectivity index (χ1) is 7.68. The van der Waals surface area contributed by atoms with Gasteiger partial charge in [-0.05, 0) is 50.4 Å². The van der Waals surface area contributed by atoms with Crippen molar-refractivity contribution in [3.63, 3.8) is 0 Å². The van der Waals surface area contributed by atoms with Crippen LogP contribution in [0.25, 0.3) is 0 Å². The molecule has 0 aliphatic carbocycles. The average Bonchev–Trinajstić information content (AvgIpc) is 2.58. The minimum Gasteiger partial charge on any atom is -0.306 e. The molecule has 88 valence electrons. The van der Waals surface area contributed by atoms with Crippen LogP contribution in [0.1, 0.15) is 19.8 Å². The molecule has 2 aliphatic heterocycles. The third kappa shape index (κ3) is 2.14. The van der Waals surface area contributed by atoms with Crippen LogP contribution in [-0.4, -0.2) is 30.8 Å². The second-order valence-electron chi connectivity index (χ2n) is 4.94. The summed E-state index contributed by atoms with van der Waals surface area (Å²) in [4.78, 5) is 3.96. The van der Waals surface area contributed by atoms with Crippen LogP contribution in [0, 0.1) is 5.41 Å². The van der Waals surface area contributed by atoms with E-state index in [0.29, 0.717) is 5.41 Å². The summed E-state index contributed by atoms with van der Waals surface area (Å²) < 4.78 is 0. The van der Waals surface area contributed by atoms with Gasteiger partial charge < -0.3 is 4.90 Å². The molecular formula is C14H21NS. The largest absolute Gasteiger partial charge is 0.306 e. The Bertz CT molecular complexity index is 333. The molecule has 1 spiro atoms. The molecule has 2 heterocycles. The van der Waals surface area contributed by atoms with E-state index in [1.807, 2.05) is 17.8 Å². The molecule has 0 aromatic carbocycles. The zero-order valence-electron chi connectivity index (χ0n) is 10.3. The molecule has 0 unspecified atom stereocenters. The molecule has 2 heteroatoms. The van der Waals surface area contributed by atoms with Crippen molar-refractivity contribution in [2.24, 2.45) is 5.41 Å². The van der Waals surface area contributed by atoms with E-state index in [1.165, 1.54) is 36.6 Å². The highest BCUT2D eigenvalue weighted by molar-refractivity contribution is 8.03. The molecule has 0 aromatic heterocycles. The standard InChI is InChI=1S/C14H21NS/c1-4-5-6-13-12(2)16-11-14(13)7-9-15(3)10-8-14/h4-6H,1,7-11H2,2-3H3/b6-5-. The summed E-state index contributed by atoms with van der Waals surface area (Å²) in [5.74, 6) is 1.28. The number of thioether (sulfide) groups is 1. The molecule has 0 saturated carbocycles. The normalized spacial score (nSPS) is 25.9. The van der Waals surface area contributed by atoms with Crippen molar-refractivity contribution in [3.8, 4) is 0 Å². The van der Waals surface area contributed by atoms with Gasteiger partial charge >= 0.3 is 0 Å². The summed E-state index contributed by atoms with van der Waals surface area (Å²) in [5.41, 5.74) is 2.03. The molecule has 16 heavy (non-hydrogen) atoms. The number of allylic oxidation sites excluding steroid dienone is 5. The Balaban J connectivity index is 2.21. The fraction of sp³-hybridized carbons (Fsp3) is 0.571. The van der Waals surface area contributed by atoms with Gasteiger partial charge in [0.2, 0.25) is 0 Å². The Kier molecular flexibility index (Phi) is 3.60. The van der Waals surface area contributed by atoms with Gasteiger partial charge in [0.25, 0.3) is 0 Å². The molecule has 0 radical (unpaired) electrons. The van der Waals surface area contributed by atoms with E-state index in [0.717, 1.165) is 0 Å². The first kappa shape index (κ1) is 12.0. The van der Waals surface area contributed by atoms with E-state index in [1.54, 1.807) is 5.57 Å². The molecule has 0 atom stereocenters. The predicted octanol–water partition coefficient (Wildman–Crippen LogP) is 3.46. The average molecular weight is 235 g/mol. The number of nitrogens with zero attached hydrogens (tertiary/aromatic N) is 1. The third-order valence-electron chi connectivity index (χ3n) is 3.86. The SMILES string of the molecule is C=C/C=C\C1=C(C)SCC12CCN(C)CC2. The molecule has 1 fully saturated rings. The molecule has 0 N–H and O–H groups in total. The van der Waals surface area contributed by atoms with Crippen molar-refractivity contribution in [2.75, 3.05) is 25.9 Å². The van der Waals surface area contributed by atoms with E-state index < -0.39 is 0 Å². The van der Waals surface area contributed by atoms with Crippen LogP contribution < -0.4 is 0 Å². The first-order valence-electron chi connectivity index (χ1n) is 6.00. The Morgan fingerprint density at radius 3 is 2.69 bits per heavy atom. The molecule has 1 saturated heterocycles. The Morgan fingerprint density at radius 2 is 2.06 bits per heavy atom. The smallest absolute Gasteiger partial charge is 0.00789 e. The molecule has 2 aliphatic rings. The lowest BCUT2D eigenvalue weighted by molar-refractivity contribution is 0.179. The number of rotatable bonds is 2. The minimum absolute atomic E-state index is 0.459. The van der Waals surface area contributed by atoms with E-state index in [2.05, 4.69) is 37.6 Å². The van der Waals surface area contributed by atoms with Crippen LogP contribution in [0.5, 0.6) is 0 Å². The van der Waals surface area contributed by atoms with E-state index in [4.69, 9.17) is 0 Å². The summed E-state index contributed by atoms with van der Waals surface area (Å²) >= 11 is 2.04. The van der Waals surface area contributed by atoms with Crippen molar-refractivity contribution >= 4 is 11.8 Å². The van der Waals surface area contributed by atoms with Crippen molar-refractivity contribution in [2.45, 2.75) is 19.8 Å². The number of hydrogen-bond donors (Lipinski definition) is 0. The summed E-state index contributed by atoms with van der Waals surface area (Å²) in [6, 6.07) is 0. The summed E-state index contributed by atoms with van der Waals surface area (Å²) in [6.07, 6.45) is 8.87. The lowest BCUT2D eigenvalue weighted by Crippen LogP contribution is -2.39. The van der Waals surface area contributed by atoms with Gasteiger partial charge in [-0.25, -0.2) is 0 Å². The van der Waals surface area contributed by atoms with E-state index in [9.17, 15) is 0 Å². The van der Waals surface area contributed by atoms with Crippen LogP contribution >= 0.6 is 11.8 Å². The van der Waals surface area contributed by atoms with Crippen LogP contribution in [0.4, 0.5) is 0 Å². The lowest BCUT2D eigenvalue weighted by Gasteiger charge is -2.38. The summed E-state index contributed by atoms with van der Waals surface area (Å²) in [6.45, 7) is 8.50. The lowest BCUT2D eigenvalue weighted by atomic mass is 9.74. The molecular weight excluding hydrogens is 214 g/mol. The van der Waals surface area contributed by atoms with Crippen LogP contribution in [0.2, 0.25) is 0 Å². The van der Waals surface area contributed by atoms with Crippen LogP contribution in [-0.2, 0) is 0 Å². The summed E-state index contributed by atoms with van der Waals surface area (Å²) in [7, 11) is 2.23. The molecule has 0 bridgehead atoms. The minimum atomic E-state index is 0.459. The first-order valence-corrected chi connectivity index (χ1v) is 6.98. The van der Waals surface area contributed by atoms with Gasteiger partial charge in [0.15, 0.2) is 0 Å². The van der Waals surface area contributed by atoms with Crippen LogP contribution in [0.15, 0.2) is 35.3 Å². The molecule has 0 aromatic rings. The molecule has 1 nitrogen and oxygen atoms in total. The maximum absolute atomic E-state index is 3.77. The van der Waals surface area contributed by atoms with Crippen molar-refractivity contribution in [1.29, 1.82) is 0 Å². The molecule has 0 amide bonds. The number of piperidine rings is 1. The zero-order chi connectivity index (χ0) is 11.6. The van der Waals surface area contributed by atoms with Gasteiger partial charge in [0, 0.05) is 11.2 Å². The maximum atomic E-state index is 3.77. The second kappa shape index (κ2) is 4.80. The van der Waals surface area contributed by atoms with Crippen molar-refractivity contribution in [3.05, 3.63) is 35.3 Å². The van der Waals surface area contributed by atoms with Gasteiger partial charge in [-0.15, -0.1) is 11.8 Å². The zero-order valence-corrected chi connectivity index (χ0v) is 11.1. The quantitative estimate of drug-likeness (QED) is 0.674. The Morgan fingerprint density at radius 1 is 1.38 bits per heavy atom. The van der Waals surface area contributed by atoms with Gasteiger partial charge in [0.05, 0.1) is 0 Å². The third-order valence-corrected chi connectivity index (χ3v) is 5.21. The van der Waals surface area contributed by atoms with Gasteiger partial charge in [-0.2, -0.15) is 0 Å². The highest BCUT2D eigenvalue weighted by atomic mass is 32.2. The maximum Gasteiger partial charge on any atom is 0.00789 e. The second-order valence-corrected chi connectivity index (χ2v) is 6.13. The Labute approximate surface area is 103 Å². The van der Waals surface area contributed by atoms with Gasteiger partial charge in [-0.1, -0.05) is 24.8 Å². The van der Waals surface area contributed by atoms with Crippen molar-refractivity contribution < 1.29 is 0 Å². The summed E-state index contributed by atoms with van der Waals surface area (Å²) in [5, 5.41) is 0. The van der Waals surface area contributed by atoms with Gasteiger partial charge in [0.1, 0.15) is 0 Å². The number of likely N-dealkylation sites (tertiary alicyclic amines) is 1. The van der Waals surface area contributed by atoms with Gasteiger partial charge in [-0.3, -0.25) is 0 Å². The topological polar surface area (TPSA) is 3.24 Å². The van der Waals surface area contributed by atoms with Crippen molar-refractivity contribution in [1.82, 2.24) is 4.90 Å². The fourth-order valence-corrected chi connectivity index (χ4v) is 4.07. The van der Waals surface area contributed by atoms with E-state index in [-0.39, 0.29) is 0 Å². The fourth-order valence-electron chi connectivity index (χ4n) is 2.69. The predicted molar refractivity (Wildman–Crippen MR) is 73.7 cm³/mol. The van der Waals surface area contributed by atoms with Crippen LogP contribution in [0.3, 0.4) is 0 Å². The highest BCUT2D eigenvalue weighted by Gasteiger charge is 2.40. The Hall–Kier alpha value is -0.470. The number of hydrogen-bond acceptors (Lipinski definition) is 2.